The maximum Gasteiger partial charge on any atom is 0.410 e. The van der Waals surface area contributed by atoms with E-state index in [9.17, 15) is 9.59 Å². The van der Waals surface area contributed by atoms with E-state index >= 15 is 0 Å². The number of fused-ring (bicyclic) bond motifs is 1. The van der Waals surface area contributed by atoms with Gasteiger partial charge in [0, 0.05) is 31.7 Å². The molecule has 1 N–H and O–H groups in total. The number of benzene rings is 2. The van der Waals surface area contributed by atoms with Gasteiger partial charge in [-0.1, -0.05) is 36.4 Å². The number of carbonyl (C=O) groups is 2. The number of hydrogen-bond acceptors (Lipinski definition) is 5. The molecule has 0 saturated carbocycles. The molecule has 2 amide bonds. The van der Waals surface area contributed by atoms with Crippen LogP contribution in [0.3, 0.4) is 0 Å². The third-order valence-electron chi connectivity index (χ3n) is 6.41. The van der Waals surface area contributed by atoms with Gasteiger partial charge >= 0.3 is 6.09 Å². The normalized spacial score (nSPS) is 15.4. The van der Waals surface area contributed by atoms with Crippen LogP contribution in [0.5, 0.6) is 5.75 Å². The van der Waals surface area contributed by atoms with Crippen LogP contribution in [-0.4, -0.2) is 59.6 Å². The van der Waals surface area contributed by atoms with Crippen molar-refractivity contribution in [1.29, 1.82) is 0 Å². The monoisotopic (exact) mass is 495 g/mol. The Bertz CT molecular complexity index is 999. The van der Waals surface area contributed by atoms with E-state index in [1.165, 1.54) is 0 Å². The molecule has 0 aromatic heterocycles. The largest absolute Gasteiger partial charge is 0.489 e. The van der Waals surface area contributed by atoms with E-state index in [4.69, 9.17) is 9.47 Å². The summed E-state index contributed by atoms with van der Waals surface area (Å²) >= 11 is 0. The fraction of sp³-hybridized carbons (Fsp3) is 0.517. The summed E-state index contributed by atoms with van der Waals surface area (Å²) in [5.74, 6) is 0.557. The molecule has 0 saturated heterocycles. The molecule has 2 aromatic carbocycles. The molecule has 1 atom stereocenters. The predicted octanol–water partition coefficient (Wildman–Crippen LogP) is 4.94. The molecule has 7 heteroatoms. The highest BCUT2D eigenvalue weighted by atomic mass is 16.6. The molecule has 1 aliphatic rings. The molecule has 0 fully saturated rings. The molecule has 1 heterocycles. The van der Waals surface area contributed by atoms with Gasteiger partial charge < -0.3 is 14.8 Å². The van der Waals surface area contributed by atoms with E-state index in [1.54, 1.807) is 4.90 Å². The quantitative estimate of drug-likeness (QED) is 0.505. The van der Waals surface area contributed by atoms with Crippen molar-refractivity contribution in [3.05, 3.63) is 65.2 Å². The van der Waals surface area contributed by atoms with Crippen LogP contribution in [-0.2, 0) is 22.6 Å². The summed E-state index contributed by atoms with van der Waals surface area (Å²) in [5, 5.41) is 3.07. The van der Waals surface area contributed by atoms with Crippen molar-refractivity contribution in [1.82, 2.24) is 15.1 Å². The Kier molecular flexibility index (Phi) is 9.76. The van der Waals surface area contributed by atoms with Crippen molar-refractivity contribution < 1.29 is 19.1 Å². The zero-order chi connectivity index (χ0) is 26.2. The molecule has 0 radical (unpaired) electrons. The zero-order valence-electron chi connectivity index (χ0n) is 22.5. The Morgan fingerprint density at radius 1 is 1.03 bits per heavy atom. The smallest absolute Gasteiger partial charge is 0.410 e. The molecule has 36 heavy (non-hydrogen) atoms. The number of hydrogen-bond donors (Lipinski definition) is 1. The average molecular weight is 496 g/mol. The van der Waals surface area contributed by atoms with E-state index in [0.717, 1.165) is 29.0 Å². The minimum atomic E-state index is -0.741. The van der Waals surface area contributed by atoms with Gasteiger partial charge in [-0.15, -0.1) is 0 Å². The first-order valence-corrected chi connectivity index (χ1v) is 13.0. The highest BCUT2D eigenvalue weighted by molar-refractivity contribution is 5.88. The molecule has 0 bridgehead atoms. The molecule has 1 aliphatic heterocycles. The van der Waals surface area contributed by atoms with Crippen LogP contribution in [0, 0.1) is 0 Å². The average Bonchev–Trinajstić information content (AvgIpc) is 2.84. The summed E-state index contributed by atoms with van der Waals surface area (Å²) in [6, 6.07) is 15.8. The Morgan fingerprint density at radius 2 is 1.72 bits per heavy atom. The van der Waals surface area contributed by atoms with Gasteiger partial charge in [0.25, 0.3) is 0 Å². The topological polar surface area (TPSA) is 71.1 Å². The van der Waals surface area contributed by atoms with Gasteiger partial charge in [-0.2, -0.15) is 0 Å². The van der Waals surface area contributed by atoms with E-state index in [-0.39, 0.29) is 12.0 Å². The van der Waals surface area contributed by atoms with Gasteiger partial charge in [0.2, 0.25) is 5.91 Å². The number of ether oxygens (including phenoxy) is 2. The number of carbonyl (C=O) groups excluding carboxylic acids is 2. The zero-order valence-corrected chi connectivity index (χ0v) is 22.5. The summed E-state index contributed by atoms with van der Waals surface area (Å²) in [6.07, 6.45) is -0.100. The second kappa shape index (κ2) is 12.8. The second-order valence-corrected chi connectivity index (χ2v) is 10.1. The van der Waals surface area contributed by atoms with Gasteiger partial charge in [-0.25, -0.2) is 4.79 Å². The second-order valence-electron chi connectivity index (χ2n) is 10.1. The lowest BCUT2D eigenvalue weighted by Gasteiger charge is -2.36. The minimum absolute atomic E-state index is 0.193. The lowest BCUT2D eigenvalue weighted by Crippen LogP contribution is -2.49. The molecule has 0 aliphatic carbocycles. The third-order valence-corrected chi connectivity index (χ3v) is 6.41. The van der Waals surface area contributed by atoms with Crippen molar-refractivity contribution >= 4 is 12.0 Å². The van der Waals surface area contributed by atoms with Gasteiger partial charge in [-0.3, -0.25) is 14.6 Å². The molecule has 2 aromatic rings. The van der Waals surface area contributed by atoms with Crippen molar-refractivity contribution in [3.63, 3.8) is 0 Å². The molecule has 196 valence electrons. The number of nitrogens with one attached hydrogen (secondary N) is 1. The Balaban J connectivity index is 1.77. The van der Waals surface area contributed by atoms with Gasteiger partial charge in [-0.05, 0) is 76.8 Å². The summed E-state index contributed by atoms with van der Waals surface area (Å²) < 4.78 is 11.5. The summed E-state index contributed by atoms with van der Waals surface area (Å²) in [4.78, 5) is 30.3. The summed E-state index contributed by atoms with van der Waals surface area (Å²) in [5.41, 5.74) is 2.92. The van der Waals surface area contributed by atoms with E-state index in [2.05, 4.69) is 37.9 Å². The molecular weight excluding hydrogens is 454 g/mol. The van der Waals surface area contributed by atoms with Crippen LogP contribution in [0.15, 0.2) is 48.5 Å². The third kappa shape index (κ3) is 7.23. The highest BCUT2D eigenvalue weighted by Gasteiger charge is 2.37. The van der Waals surface area contributed by atoms with Crippen molar-refractivity contribution in [2.75, 3.05) is 19.6 Å². The van der Waals surface area contributed by atoms with Crippen LogP contribution in [0.2, 0.25) is 0 Å². The first-order valence-electron chi connectivity index (χ1n) is 13.0. The van der Waals surface area contributed by atoms with E-state index in [1.807, 2.05) is 62.4 Å². The summed E-state index contributed by atoms with van der Waals surface area (Å²) in [6.45, 7) is 14.4. The van der Waals surface area contributed by atoms with Gasteiger partial charge in [0.1, 0.15) is 18.4 Å². The van der Waals surface area contributed by atoms with Crippen molar-refractivity contribution in [2.24, 2.45) is 0 Å². The van der Waals surface area contributed by atoms with Gasteiger partial charge in [0.15, 0.2) is 0 Å². The van der Waals surface area contributed by atoms with Crippen LogP contribution >= 0.6 is 0 Å². The maximum absolute atomic E-state index is 13.5. The SMILES string of the molecule is CC(C)OC(=O)N1CCc2cc(OCc3ccccc3)ccc2C1C(=O)NCCN(C(C)C)C(C)C. The lowest BCUT2D eigenvalue weighted by atomic mass is 9.92. The summed E-state index contributed by atoms with van der Waals surface area (Å²) in [7, 11) is 0. The first kappa shape index (κ1) is 27.5. The molecule has 3 rings (SSSR count). The Morgan fingerprint density at radius 3 is 2.36 bits per heavy atom. The number of amides is 2. The van der Waals surface area contributed by atoms with E-state index in [0.29, 0.717) is 38.2 Å². The van der Waals surface area contributed by atoms with Crippen LogP contribution < -0.4 is 10.1 Å². The molecular formula is C29H41N3O4. The number of nitrogens with zero attached hydrogens (tertiary/aromatic N) is 2. The fourth-order valence-corrected chi connectivity index (χ4v) is 4.70. The highest BCUT2D eigenvalue weighted by Crippen LogP contribution is 2.33. The van der Waals surface area contributed by atoms with Crippen LogP contribution in [0.4, 0.5) is 4.79 Å². The van der Waals surface area contributed by atoms with Crippen LogP contribution in [0.1, 0.15) is 64.3 Å². The van der Waals surface area contributed by atoms with Crippen molar-refractivity contribution in [3.8, 4) is 5.75 Å². The Hall–Kier alpha value is -3.06. The molecule has 7 nitrogen and oxygen atoms in total. The minimum Gasteiger partial charge on any atom is -0.489 e. The maximum atomic E-state index is 13.5. The standard InChI is InChI=1S/C29H41N3O4/c1-20(2)31(21(3)4)17-15-30-28(33)27-26-13-12-25(35-19-23-10-8-7-9-11-23)18-24(26)14-16-32(27)29(34)36-22(5)6/h7-13,18,20-22,27H,14-17,19H2,1-6H3,(H,30,33). The van der Waals surface area contributed by atoms with Crippen LogP contribution in [0.25, 0.3) is 0 Å². The van der Waals surface area contributed by atoms with Crippen molar-refractivity contribution in [2.45, 2.75) is 78.8 Å². The van der Waals surface area contributed by atoms with E-state index < -0.39 is 12.1 Å². The fourth-order valence-electron chi connectivity index (χ4n) is 4.70. The predicted molar refractivity (Wildman–Crippen MR) is 142 cm³/mol. The number of rotatable bonds is 10. The first-order chi connectivity index (χ1) is 17.2. The molecule has 0 spiro atoms. The Labute approximate surface area is 215 Å². The molecule has 1 unspecified atom stereocenters. The lowest BCUT2D eigenvalue weighted by molar-refractivity contribution is -0.126. The van der Waals surface area contributed by atoms with Gasteiger partial charge in [0.05, 0.1) is 6.10 Å².